The molecule has 0 bridgehead atoms. The van der Waals surface area contributed by atoms with Gasteiger partial charge in [0.2, 0.25) is 0 Å². The molecule has 1 aromatic heterocycles. The lowest BCUT2D eigenvalue weighted by atomic mass is 10.1. The quantitative estimate of drug-likeness (QED) is 0.759. The molecule has 0 fully saturated rings. The van der Waals surface area contributed by atoms with Gasteiger partial charge < -0.3 is 9.64 Å². The Morgan fingerprint density at radius 2 is 2.04 bits per heavy atom. The molecule has 0 saturated carbocycles. The van der Waals surface area contributed by atoms with Crippen LogP contribution in [-0.4, -0.2) is 36.2 Å². The fourth-order valence-electron chi connectivity index (χ4n) is 2.57. The number of hydrogen-bond donors (Lipinski definition) is 0. The van der Waals surface area contributed by atoms with Crippen LogP contribution < -0.4 is 9.80 Å². The topological polar surface area (TPSA) is 62.7 Å². The highest BCUT2D eigenvalue weighted by molar-refractivity contribution is 7.18. The standard InChI is InChI=1S/C18H20ClN3O3S/c1-18(2,3)25-17(24)21(4)16-20-12-9-10-22(15(23)14(12)26-16)13-8-6-5-7-11(13)19/h5-8H,9-10H2,1-4H3. The van der Waals surface area contributed by atoms with Crippen LogP contribution in [0.4, 0.5) is 15.6 Å². The monoisotopic (exact) mass is 393 g/mol. The molecule has 2 aromatic rings. The average Bonchev–Trinajstić information content (AvgIpc) is 2.99. The number of para-hydroxylation sites is 1. The molecule has 0 radical (unpaired) electrons. The van der Waals surface area contributed by atoms with Crippen molar-refractivity contribution in [2.75, 3.05) is 23.4 Å². The zero-order valence-electron chi connectivity index (χ0n) is 15.1. The number of rotatable bonds is 2. The Hall–Kier alpha value is -2.12. The van der Waals surface area contributed by atoms with Gasteiger partial charge in [-0.2, -0.15) is 0 Å². The van der Waals surface area contributed by atoms with Crippen molar-refractivity contribution in [1.82, 2.24) is 4.98 Å². The van der Waals surface area contributed by atoms with E-state index in [0.717, 1.165) is 0 Å². The predicted octanol–water partition coefficient (Wildman–Crippen LogP) is 4.37. The molecule has 0 atom stereocenters. The van der Waals surface area contributed by atoms with Gasteiger partial charge in [0.15, 0.2) is 5.13 Å². The molecule has 138 valence electrons. The Balaban J connectivity index is 1.85. The lowest BCUT2D eigenvalue weighted by molar-refractivity contribution is 0.0589. The highest BCUT2D eigenvalue weighted by Gasteiger charge is 2.32. The number of carbonyl (C=O) groups excluding carboxylic acids is 2. The second-order valence-electron chi connectivity index (χ2n) is 6.97. The van der Waals surface area contributed by atoms with E-state index in [0.29, 0.717) is 39.4 Å². The fraction of sp³-hybridized carbons (Fsp3) is 0.389. The minimum Gasteiger partial charge on any atom is -0.443 e. The fourth-order valence-corrected chi connectivity index (χ4v) is 3.82. The summed E-state index contributed by atoms with van der Waals surface area (Å²) in [6, 6.07) is 7.25. The molecular weight excluding hydrogens is 374 g/mol. The van der Waals surface area contributed by atoms with Crippen LogP contribution in [0, 0.1) is 0 Å². The van der Waals surface area contributed by atoms with E-state index in [-0.39, 0.29) is 5.91 Å². The van der Waals surface area contributed by atoms with Crippen molar-refractivity contribution in [3.05, 3.63) is 39.9 Å². The molecule has 1 aliphatic heterocycles. The molecule has 3 rings (SSSR count). The van der Waals surface area contributed by atoms with E-state index in [9.17, 15) is 9.59 Å². The van der Waals surface area contributed by atoms with Crippen molar-refractivity contribution in [3.8, 4) is 0 Å². The van der Waals surface area contributed by atoms with E-state index in [1.54, 1.807) is 38.8 Å². The molecule has 0 spiro atoms. The zero-order chi connectivity index (χ0) is 19.1. The van der Waals surface area contributed by atoms with Gasteiger partial charge in [0, 0.05) is 20.0 Å². The second kappa shape index (κ2) is 6.89. The molecule has 2 amide bonds. The summed E-state index contributed by atoms with van der Waals surface area (Å²) >= 11 is 7.42. The normalized spacial score (nSPS) is 14.2. The summed E-state index contributed by atoms with van der Waals surface area (Å²) in [6.07, 6.45) is 0.101. The third-order valence-electron chi connectivity index (χ3n) is 3.80. The van der Waals surface area contributed by atoms with Gasteiger partial charge in [0.25, 0.3) is 5.91 Å². The Morgan fingerprint density at radius 1 is 1.35 bits per heavy atom. The largest absolute Gasteiger partial charge is 0.443 e. The molecule has 26 heavy (non-hydrogen) atoms. The maximum atomic E-state index is 12.9. The van der Waals surface area contributed by atoms with Crippen LogP contribution in [0.25, 0.3) is 0 Å². The molecule has 2 heterocycles. The third-order valence-corrected chi connectivity index (χ3v) is 5.28. The van der Waals surface area contributed by atoms with Crippen molar-refractivity contribution in [2.45, 2.75) is 32.8 Å². The number of aromatic nitrogens is 1. The molecule has 8 heteroatoms. The molecular formula is C18H20ClN3O3S. The van der Waals surface area contributed by atoms with Crippen molar-refractivity contribution >= 4 is 45.8 Å². The second-order valence-corrected chi connectivity index (χ2v) is 8.35. The maximum absolute atomic E-state index is 12.9. The average molecular weight is 394 g/mol. The molecule has 0 saturated heterocycles. The Bertz CT molecular complexity index is 860. The van der Waals surface area contributed by atoms with Gasteiger partial charge >= 0.3 is 6.09 Å². The summed E-state index contributed by atoms with van der Waals surface area (Å²) in [7, 11) is 1.59. The summed E-state index contributed by atoms with van der Waals surface area (Å²) in [4.78, 5) is 33.1. The number of hydrogen-bond acceptors (Lipinski definition) is 5. The van der Waals surface area contributed by atoms with Gasteiger partial charge in [-0.05, 0) is 32.9 Å². The minimum atomic E-state index is -0.598. The number of benzene rings is 1. The minimum absolute atomic E-state index is 0.152. The van der Waals surface area contributed by atoms with E-state index in [2.05, 4.69) is 4.98 Å². The summed E-state index contributed by atoms with van der Waals surface area (Å²) in [5.41, 5.74) is 0.785. The van der Waals surface area contributed by atoms with Crippen molar-refractivity contribution < 1.29 is 14.3 Å². The number of amides is 2. The molecule has 0 N–H and O–H groups in total. The highest BCUT2D eigenvalue weighted by Crippen LogP contribution is 2.35. The summed E-state index contributed by atoms with van der Waals surface area (Å²) in [5.74, 6) is -0.152. The Morgan fingerprint density at radius 3 is 2.69 bits per heavy atom. The summed E-state index contributed by atoms with van der Waals surface area (Å²) in [5, 5.41) is 0.971. The zero-order valence-corrected chi connectivity index (χ0v) is 16.6. The van der Waals surface area contributed by atoms with Crippen LogP contribution in [0.5, 0.6) is 0 Å². The van der Waals surface area contributed by atoms with E-state index in [1.807, 2.05) is 18.2 Å². The maximum Gasteiger partial charge on any atom is 0.416 e. The highest BCUT2D eigenvalue weighted by atomic mass is 35.5. The van der Waals surface area contributed by atoms with Crippen LogP contribution in [0.1, 0.15) is 36.1 Å². The lowest BCUT2D eigenvalue weighted by Crippen LogP contribution is -2.37. The Kier molecular flexibility index (Phi) is 4.94. The Labute approximate surface area is 161 Å². The van der Waals surface area contributed by atoms with Gasteiger partial charge in [0.1, 0.15) is 10.5 Å². The molecule has 0 aliphatic carbocycles. The van der Waals surface area contributed by atoms with Crippen LogP contribution in [0.3, 0.4) is 0 Å². The van der Waals surface area contributed by atoms with E-state index in [4.69, 9.17) is 16.3 Å². The lowest BCUT2D eigenvalue weighted by Gasteiger charge is -2.26. The van der Waals surface area contributed by atoms with Gasteiger partial charge in [-0.3, -0.25) is 9.69 Å². The first-order valence-corrected chi connectivity index (χ1v) is 9.39. The van der Waals surface area contributed by atoms with Gasteiger partial charge in [-0.1, -0.05) is 35.1 Å². The molecule has 6 nitrogen and oxygen atoms in total. The predicted molar refractivity (Wildman–Crippen MR) is 104 cm³/mol. The van der Waals surface area contributed by atoms with Crippen molar-refractivity contribution in [2.24, 2.45) is 0 Å². The van der Waals surface area contributed by atoms with E-state index in [1.165, 1.54) is 16.2 Å². The van der Waals surface area contributed by atoms with E-state index >= 15 is 0 Å². The van der Waals surface area contributed by atoms with Crippen molar-refractivity contribution in [3.63, 3.8) is 0 Å². The first kappa shape index (κ1) is 18.7. The van der Waals surface area contributed by atoms with Crippen LogP contribution in [0.2, 0.25) is 5.02 Å². The summed E-state index contributed by atoms with van der Waals surface area (Å²) in [6.45, 7) is 5.90. The molecule has 1 aliphatic rings. The third kappa shape index (κ3) is 3.68. The van der Waals surface area contributed by atoms with Crippen molar-refractivity contribution in [1.29, 1.82) is 0 Å². The van der Waals surface area contributed by atoms with Crippen LogP contribution in [-0.2, 0) is 11.2 Å². The van der Waals surface area contributed by atoms with Crippen LogP contribution in [0.15, 0.2) is 24.3 Å². The number of fused-ring (bicyclic) bond motifs is 1. The van der Waals surface area contributed by atoms with Gasteiger partial charge in [0.05, 0.1) is 16.4 Å². The molecule has 0 unspecified atom stereocenters. The first-order valence-electron chi connectivity index (χ1n) is 8.20. The number of nitrogens with zero attached hydrogens (tertiary/aromatic N) is 3. The molecule has 1 aromatic carbocycles. The first-order chi connectivity index (χ1) is 12.2. The number of carbonyl (C=O) groups is 2. The summed E-state index contributed by atoms with van der Waals surface area (Å²) < 4.78 is 5.36. The smallest absolute Gasteiger partial charge is 0.416 e. The van der Waals surface area contributed by atoms with Gasteiger partial charge in [-0.15, -0.1) is 0 Å². The van der Waals surface area contributed by atoms with Gasteiger partial charge in [-0.25, -0.2) is 9.78 Å². The van der Waals surface area contributed by atoms with Crippen LogP contribution >= 0.6 is 22.9 Å². The number of anilines is 2. The number of halogens is 1. The number of thiazole rings is 1. The van der Waals surface area contributed by atoms with E-state index < -0.39 is 11.7 Å². The SMILES string of the molecule is CN(C(=O)OC(C)(C)C)c1nc2c(s1)C(=O)N(c1ccccc1Cl)CC2. The number of ether oxygens (including phenoxy) is 1.